The van der Waals surface area contributed by atoms with Gasteiger partial charge < -0.3 is 10.2 Å². The molecule has 2 heterocycles. The van der Waals surface area contributed by atoms with Gasteiger partial charge in [0.05, 0.1) is 0 Å². The minimum atomic E-state index is -0.155. The first-order valence-electron chi connectivity index (χ1n) is 6.84. The first kappa shape index (κ1) is 12.7. The molecule has 0 fully saturated rings. The Hall–Kier alpha value is -2.36. The van der Waals surface area contributed by atoms with Crippen LogP contribution in [0.1, 0.15) is 22.5 Å². The smallest absolute Gasteiger partial charge is 0.269 e. The summed E-state index contributed by atoms with van der Waals surface area (Å²) < 4.78 is 0. The van der Waals surface area contributed by atoms with E-state index in [1.807, 2.05) is 18.2 Å². The summed E-state index contributed by atoms with van der Waals surface area (Å²) in [6.07, 6.45) is 2.20. The number of pyridine rings is 1. The van der Waals surface area contributed by atoms with Crippen LogP contribution >= 0.6 is 0 Å². The third-order valence-electron chi connectivity index (χ3n) is 3.58. The van der Waals surface area contributed by atoms with Crippen molar-refractivity contribution in [3.63, 3.8) is 0 Å². The van der Waals surface area contributed by atoms with E-state index in [0.29, 0.717) is 5.69 Å². The molecule has 0 aliphatic carbocycles. The SMILES string of the molecule is CNC(=O)c1cccc(N2CCCc3ccccc32)n1. The molecule has 20 heavy (non-hydrogen) atoms. The Kier molecular flexibility index (Phi) is 3.37. The van der Waals surface area contributed by atoms with E-state index in [2.05, 4.69) is 33.4 Å². The van der Waals surface area contributed by atoms with E-state index in [9.17, 15) is 4.79 Å². The highest BCUT2D eigenvalue weighted by atomic mass is 16.1. The van der Waals surface area contributed by atoms with E-state index < -0.39 is 0 Å². The Bertz CT molecular complexity index is 639. The lowest BCUT2D eigenvalue weighted by Gasteiger charge is -2.30. The minimum Gasteiger partial charge on any atom is -0.354 e. The van der Waals surface area contributed by atoms with Crippen molar-refractivity contribution in [2.75, 3.05) is 18.5 Å². The van der Waals surface area contributed by atoms with E-state index in [1.54, 1.807) is 13.1 Å². The summed E-state index contributed by atoms with van der Waals surface area (Å²) in [5, 5.41) is 2.61. The monoisotopic (exact) mass is 267 g/mol. The second-order valence-corrected chi connectivity index (χ2v) is 4.84. The molecule has 2 aromatic rings. The predicted octanol–water partition coefficient (Wildman–Crippen LogP) is 2.53. The fourth-order valence-electron chi connectivity index (χ4n) is 2.60. The number of aromatic nitrogens is 1. The Morgan fingerprint density at radius 2 is 2.05 bits per heavy atom. The molecule has 4 heteroatoms. The lowest BCUT2D eigenvalue weighted by atomic mass is 10.0. The summed E-state index contributed by atoms with van der Waals surface area (Å²) in [6, 6.07) is 13.9. The molecule has 1 amide bonds. The van der Waals surface area contributed by atoms with Crippen LogP contribution < -0.4 is 10.2 Å². The molecule has 0 saturated carbocycles. The number of nitrogens with zero attached hydrogens (tertiary/aromatic N) is 2. The van der Waals surface area contributed by atoms with Gasteiger partial charge in [0.2, 0.25) is 0 Å². The number of benzene rings is 1. The van der Waals surface area contributed by atoms with E-state index in [1.165, 1.54) is 11.3 Å². The highest BCUT2D eigenvalue weighted by Crippen LogP contribution is 2.32. The topological polar surface area (TPSA) is 45.2 Å². The van der Waals surface area contributed by atoms with Crippen molar-refractivity contribution in [2.45, 2.75) is 12.8 Å². The van der Waals surface area contributed by atoms with Gasteiger partial charge in [0.25, 0.3) is 5.91 Å². The molecule has 1 aliphatic heterocycles. The number of hydrogen-bond donors (Lipinski definition) is 1. The maximum Gasteiger partial charge on any atom is 0.269 e. The number of amides is 1. The van der Waals surface area contributed by atoms with Crippen molar-refractivity contribution in [1.29, 1.82) is 0 Å². The molecule has 0 spiro atoms. The van der Waals surface area contributed by atoms with Gasteiger partial charge >= 0.3 is 0 Å². The summed E-state index contributed by atoms with van der Waals surface area (Å²) in [4.78, 5) is 18.4. The molecule has 102 valence electrons. The van der Waals surface area contributed by atoms with Gasteiger partial charge in [0, 0.05) is 19.3 Å². The van der Waals surface area contributed by atoms with Crippen molar-refractivity contribution in [3.05, 3.63) is 53.7 Å². The van der Waals surface area contributed by atoms with Crippen LogP contribution in [0.25, 0.3) is 0 Å². The second kappa shape index (κ2) is 5.33. The van der Waals surface area contributed by atoms with Gasteiger partial charge in [-0.25, -0.2) is 4.98 Å². The van der Waals surface area contributed by atoms with Crippen LogP contribution in [0.4, 0.5) is 11.5 Å². The highest BCUT2D eigenvalue weighted by Gasteiger charge is 2.19. The zero-order valence-corrected chi connectivity index (χ0v) is 11.5. The number of aryl methyl sites for hydroxylation is 1. The molecule has 1 aliphatic rings. The number of hydrogen-bond acceptors (Lipinski definition) is 3. The summed E-state index contributed by atoms with van der Waals surface area (Å²) in [5.41, 5.74) is 2.99. The van der Waals surface area contributed by atoms with Crippen LogP contribution in [0.15, 0.2) is 42.5 Å². The number of anilines is 2. The highest BCUT2D eigenvalue weighted by molar-refractivity contribution is 5.92. The molecular weight excluding hydrogens is 250 g/mol. The van der Waals surface area contributed by atoms with Crippen LogP contribution in [0.5, 0.6) is 0 Å². The zero-order chi connectivity index (χ0) is 13.9. The lowest BCUT2D eigenvalue weighted by Crippen LogP contribution is -2.26. The molecule has 0 unspecified atom stereocenters. The third kappa shape index (κ3) is 2.25. The van der Waals surface area contributed by atoms with Gasteiger partial charge in [0.15, 0.2) is 0 Å². The number of rotatable bonds is 2. The van der Waals surface area contributed by atoms with Gasteiger partial charge in [-0.2, -0.15) is 0 Å². The first-order chi connectivity index (χ1) is 9.79. The molecule has 0 atom stereocenters. The third-order valence-corrected chi connectivity index (χ3v) is 3.58. The first-order valence-corrected chi connectivity index (χ1v) is 6.84. The number of carbonyl (C=O) groups is 1. The average molecular weight is 267 g/mol. The van der Waals surface area contributed by atoms with Gasteiger partial charge in [-0.15, -0.1) is 0 Å². The molecule has 3 rings (SSSR count). The van der Waals surface area contributed by atoms with E-state index in [0.717, 1.165) is 25.2 Å². The molecule has 0 saturated heterocycles. The molecule has 1 aromatic carbocycles. The predicted molar refractivity (Wildman–Crippen MR) is 79.4 cm³/mol. The number of para-hydroxylation sites is 1. The summed E-state index contributed by atoms with van der Waals surface area (Å²) in [6.45, 7) is 0.932. The molecule has 1 N–H and O–H groups in total. The maximum absolute atomic E-state index is 11.7. The number of carbonyl (C=O) groups excluding carboxylic acids is 1. The van der Waals surface area contributed by atoms with Gasteiger partial charge in [-0.3, -0.25) is 4.79 Å². The van der Waals surface area contributed by atoms with Crippen molar-refractivity contribution < 1.29 is 4.79 Å². The van der Waals surface area contributed by atoms with Gasteiger partial charge in [0.1, 0.15) is 11.5 Å². The summed E-state index contributed by atoms with van der Waals surface area (Å²) >= 11 is 0. The van der Waals surface area contributed by atoms with Crippen molar-refractivity contribution in [1.82, 2.24) is 10.3 Å². The number of fused-ring (bicyclic) bond motifs is 1. The molecule has 4 nitrogen and oxygen atoms in total. The molecule has 1 aromatic heterocycles. The molecule has 0 bridgehead atoms. The van der Waals surface area contributed by atoms with Crippen LogP contribution in [0, 0.1) is 0 Å². The lowest BCUT2D eigenvalue weighted by molar-refractivity contribution is 0.0958. The standard InChI is InChI=1S/C16H17N3O/c1-17-16(20)13-8-4-10-15(18-13)19-11-5-7-12-6-2-3-9-14(12)19/h2-4,6,8-10H,5,7,11H2,1H3,(H,17,20). The summed E-state index contributed by atoms with van der Waals surface area (Å²) in [5.74, 6) is 0.676. The number of nitrogens with one attached hydrogen (secondary N) is 1. The Morgan fingerprint density at radius 3 is 2.90 bits per heavy atom. The van der Waals surface area contributed by atoms with Crippen LogP contribution in [0.3, 0.4) is 0 Å². The van der Waals surface area contributed by atoms with Crippen LogP contribution in [-0.4, -0.2) is 24.5 Å². The fourth-order valence-corrected chi connectivity index (χ4v) is 2.60. The average Bonchev–Trinajstić information content (AvgIpc) is 2.53. The Morgan fingerprint density at radius 1 is 1.20 bits per heavy atom. The van der Waals surface area contributed by atoms with Crippen LogP contribution in [-0.2, 0) is 6.42 Å². The largest absolute Gasteiger partial charge is 0.354 e. The molecule has 0 radical (unpaired) electrons. The van der Waals surface area contributed by atoms with Crippen molar-refractivity contribution in [3.8, 4) is 0 Å². The quantitative estimate of drug-likeness (QED) is 0.909. The van der Waals surface area contributed by atoms with Crippen LogP contribution in [0.2, 0.25) is 0 Å². The van der Waals surface area contributed by atoms with Crippen molar-refractivity contribution in [2.24, 2.45) is 0 Å². The van der Waals surface area contributed by atoms with E-state index in [4.69, 9.17) is 0 Å². The summed E-state index contributed by atoms with van der Waals surface area (Å²) in [7, 11) is 1.62. The maximum atomic E-state index is 11.7. The molecular formula is C16H17N3O. The van der Waals surface area contributed by atoms with E-state index >= 15 is 0 Å². The Labute approximate surface area is 118 Å². The minimum absolute atomic E-state index is 0.155. The second-order valence-electron chi connectivity index (χ2n) is 4.84. The van der Waals surface area contributed by atoms with Gasteiger partial charge in [-0.1, -0.05) is 24.3 Å². The normalized spacial score (nSPS) is 13.8. The fraction of sp³-hybridized carbons (Fsp3) is 0.250. The van der Waals surface area contributed by atoms with Crippen molar-refractivity contribution >= 4 is 17.4 Å². The Balaban J connectivity index is 2.00. The zero-order valence-electron chi connectivity index (χ0n) is 11.5. The van der Waals surface area contributed by atoms with Gasteiger partial charge in [-0.05, 0) is 36.6 Å². The van der Waals surface area contributed by atoms with E-state index in [-0.39, 0.29) is 5.91 Å².